The monoisotopic (exact) mass is 339 g/mol. The second-order valence-electron chi connectivity index (χ2n) is 6.06. The van der Waals surface area contributed by atoms with E-state index in [2.05, 4.69) is 15.3 Å². The zero-order valence-corrected chi connectivity index (χ0v) is 14.5. The van der Waals surface area contributed by atoms with Gasteiger partial charge in [0, 0.05) is 43.3 Å². The van der Waals surface area contributed by atoms with Gasteiger partial charge in [0.25, 0.3) is 5.91 Å². The number of rotatable bonds is 5. The number of nitrogens with one attached hydrogen (secondary N) is 2. The Morgan fingerprint density at radius 3 is 2.76 bits per heavy atom. The fourth-order valence-corrected chi connectivity index (χ4v) is 2.56. The van der Waals surface area contributed by atoms with Crippen molar-refractivity contribution in [3.63, 3.8) is 0 Å². The van der Waals surface area contributed by atoms with Crippen LogP contribution < -0.4 is 5.32 Å². The molecular weight excluding hydrogens is 318 g/mol. The maximum Gasteiger partial charge on any atom is 0.273 e. The number of aromatic amines is 1. The molecule has 0 saturated heterocycles. The molecule has 0 saturated carbocycles. The molecule has 0 unspecified atom stereocenters. The van der Waals surface area contributed by atoms with E-state index in [0.717, 1.165) is 23.1 Å². The SMILES string of the molecule is CCc1ncc(C(=O)Nc2ccc3c(ccn3CC(=O)N(C)C)c2)[nH]1. The van der Waals surface area contributed by atoms with Crippen molar-refractivity contribution in [2.75, 3.05) is 19.4 Å². The van der Waals surface area contributed by atoms with Crippen LogP contribution in [-0.2, 0) is 17.8 Å². The van der Waals surface area contributed by atoms with Crippen LogP contribution in [0.3, 0.4) is 0 Å². The van der Waals surface area contributed by atoms with E-state index in [-0.39, 0.29) is 18.4 Å². The largest absolute Gasteiger partial charge is 0.347 e. The van der Waals surface area contributed by atoms with Gasteiger partial charge >= 0.3 is 0 Å². The Kier molecular flexibility index (Phi) is 4.56. The number of benzene rings is 1. The van der Waals surface area contributed by atoms with Crippen molar-refractivity contribution in [2.24, 2.45) is 0 Å². The summed E-state index contributed by atoms with van der Waals surface area (Å²) in [5.74, 6) is 0.581. The Bertz CT molecular complexity index is 923. The molecular formula is C18H21N5O2. The van der Waals surface area contributed by atoms with Gasteiger partial charge in [0.1, 0.15) is 18.1 Å². The molecule has 0 atom stereocenters. The van der Waals surface area contributed by atoms with Crippen LogP contribution in [0.5, 0.6) is 0 Å². The lowest BCUT2D eigenvalue weighted by molar-refractivity contribution is -0.129. The number of carbonyl (C=O) groups is 2. The number of anilines is 1. The van der Waals surface area contributed by atoms with Crippen LogP contribution in [0, 0.1) is 0 Å². The number of imidazole rings is 1. The van der Waals surface area contributed by atoms with Crippen LogP contribution in [0.25, 0.3) is 10.9 Å². The van der Waals surface area contributed by atoms with Gasteiger partial charge < -0.3 is 19.8 Å². The van der Waals surface area contributed by atoms with E-state index in [9.17, 15) is 9.59 Å². The standard InChI is InChI=1S/C18H21N5O2/c1-4-16-19-10-14(21-16)18(25)20-13-5-6-15-12(9-13)7-8-23(15)11-17(24)22(2)3/h5-10H,4,11H2,1-3H3,(H,19,21)(H,20,25). The quantitative estimate of drug-likeness (QED) is 0.748. The number of aryl methyl sites for hydroxylation is 1. The smallest absolute Gasteiger partial charge is 0.273 e. The summed E-state index contributed by atoms with van der Waals surface area (Å²) in [4.78, 5) is 32.8. The Hall–Kier alpha value is -3.09. The van der Waals surface area contributed by atoms with Gasteiger partial charge in [-0.1, -0.05) is 6.92 Å². The Balaban J connectivity index is 1.77. The molecule has 0 bridgehead atoms. The molecule has 7 heteroatoms. The van der Waals surface area contributed by atoms with Gasteiger partial charge in [-0.2, -0.15) is 0 Å². The molecule has 25 heavy (non-hydrogen) atoms. The van der Waals surface area contributed by atoms with E-state index in [4.69, 9.17) is 0 Å². The number of aromatic nitrogens is 3. The molecule has 1 aromatic carbocycles. The van der Waals surface area contributed by atoms with Crippen LogP contribution >= 0.6 is 0 Å². The third kappa shape index (κ3) is 3.55. The summed E-state index contributed by atoms with van der Waals surface area (Å²) in [6.07, 6.45) is 4.16. The van der Waals surface area contributed by atoms with E-state index in [1.165, 1.54) is 6.20 Å². The van der Waals surface area contributed by atoms with Crippen molar-refractivity contribution in [3.05, 3.63) is 48.2 Å². The lowest BCUT2D eigenvalue weighted by atomic mass is 10.2. The Labute approximate surface area is 145 Å². The summed E-state index contributed by atoms with van der Waals surface area (Å²) in [7, 11) is 3.47. The first kappa shape index (κ1) is 16.8. The molecule has 3 aromatic rings. The minimum absolute atomic E-state index is 0.0286. The molecule has 130 valence electrons. The second-order valence-corrected chi connectivity index (χ2v) is 6.06. The zero-order chi connectivity index (χ0) is 18.0. The number of amides is 2. The number of nitrogens with zero attached hydrogens (tertiary/aromatic N) is 3. The van der Waals surface area contributed by atoms with Gasteiger partial charge in [0.05, 0.1) is 6.20 Å². The number of hydrogen-bond donors (Lipinski definition) is 2. The minimum Gasteiger partial charge on any atom is -0.347 e. The van der Waals surface area contributed by atoms with E-state index >= 15 is 0 Å². The van der Waals surface area contributed by atoms with E-state index in [1.54, 1.807) is 19.0 Å². The second kappa shape index (κ2) is 6.80. The van der Waals surface area contributed by atoms with Crippen LogP contribution in [0.2, 0.25) is 0 Å². The number of H-pyrrole nitrogens is 1. The van der Waals surface area contributed by atoms with Gasteiger partial charge in [-0.25, -0.2) is 4.98 Å². The molecule has 7 nitrogen and oxygen atoms in total. The van der Waals surface area contributed by atoms with Crippen LogP contribution in [0.15, 0.2) is 36.7 Å². The number of hydrogen-bond acceptors (Lipinski definition) is 3. The first-order valence-electron chi connectivity index (χ1n) is 8.12. The van der Waals surface area contributed by atoms with Gasteiger partial charge in [0.15, 0.2) is 0 Å². The van der Waals surface area contributed by atoms with Crippen molar-refractivity contribution >= 4 is 28.4 Å². The molecule has 2 heterocycles. The van der Waals surface area contributed by atoms with Gasteiger partial charge in [-0.3, -0.25) is 9.59 Å². The average Bonchev–Trinajstić information content (AvgIpc) is 3.21. The van der Waals surface area contributed by atoms with Crippen LogP contribution in [0.1, 0.15) is 23.2 Å². The maximum absolute atomic E-state index is 12.3. The average molecular weight is 339 g/mol. The maximum atomic E-state index is 12.3. The fraction of sp³-hybridized carbons (Fsp3) is 0.278. The normalized spacial score (nSPS) is 10.8. The molecule has 0 aliphatic heterocycles. The Morgan fingerprint density at radius 1 is 1.28 bits per heavy atom. The molecule has 2 aromatic heterocycles. The number of carbonyl (C=O) groups excluding carboxylic acids is 2. The van der Waals surface area contributed by atoms with E-state index in [0.29, 0.717) is 11.4 Å². The Morgan fingerprint density at radius 2 is 2.08 bits per heavy atom. The molecule has 0 aliphatic rings. The predicted molar refractivity (Wildman–Crippen MR) is 96.6 cm³/mol. The topological polar surface area (TPSA) is 83.0 Å². The molecule has 0 radical (unpaired) electrons. The van der Waals surface area contributed by atoms with Gasteiger partial charge in [-0.05, 0) is 24.3 Å². The molecule has 2 N–H and O–H groups in total. The molecule has 3 rings (SSSR count). The third-order valence-corrected chi connectivity index (χ3v) is 4.04. The lowest BCUT2D eigenvalue weighted by Crippen LogP contribution is -2.25. The summed E-state index contributed by atoms with van der Waals surface area (Å²) in [6, 6.07) is 7.55. The summed E-state index contributed by atoms with van der Waals surface area (Å²) in [6.45, 7) is 2.26. The van der Waals surface area contributed by atoms with Crippen molar-refractivity contribution in [1.82, 2.24) is 19.4 Å². The van der Waals surface area contributed by atoms with Crippen LogP contribution in [-0.4, -0.2) is 45.3 Å². The van der Waals surface area contributed by atoms with Gasteiger partial charge in [-0.15, -0.1) is 0 Å². The molecule has 0 aliphatic carbocycles. The van der Waals surface area contributed by atoms with Gasteiger partial charge in [0.2, 0.25) is 5.91 Å². The highest BCUT2D eigenvalue weighted by Gasteiger charge is 2.11. The van der Waals surface area contributed by atoms with Crippen molar-refractivity contribution in [1.29, 1.82) is 0 Å². The first-order valence-corrected chi connectivity index (χ1v) is 8.12. The fourth-order valence-electron chi connectivity index (χ4n) is 2.56. The number of likely N-dealkylation sites (N-methyl/N-ethyl adjacent to an activating group) is 1. The molecule has 2 amide bonds. The predicted octanol–water partition coefficient (Wildman–Crippen LogP) is 2.27. The third-order valence-electron chi connectivity index (χ3n) is 4.04. The van der Waals surface area contributed by atoms with E-state index in [1.807, 2.05) is 42.0 Å². The summed E-state index contributed by atoms with van der Waals surface area (Å²) >= 11 is 0. The zero-order valence-electron chi connectivity index (χ0n) is 14.5. The highest BCUT2D eigenvalue weighted by Crippen LogP contribution is 2.21. The summed E-state index contributed by atoms with van der Waals surface area (Å²) in [5, 5.41) is 3.82. The van der Waals surface area contributed by atoms with Crippen molar-refractivity contribution < 1.29 is 9.59 Å². The highest BCUT2D eigenvalue weighted by molar-refractivity contribution is 6.03. The minimum atomic E-state index is -0.228. The highest BCUT2D eigenvalue weighted by atomic mass is 16.2. The lowest BCUT2D eigenvalue weighted by Gasteiger charge is -2.12. The molecule has 0 fully saturated rings. The first-order chi connectivity index (χ1) is 12.0. The van der Waals surface area contributed by atoms with E-state index < -0.39 is 0 Å². The molecule has 0 spiro atoms. The van der Waals surface area contributed by atoms with Crippen LogP contribution in [0.4, 0.5) is 5.69 Å². The van der Waals surface area contributed by atoms with Crippen molar-refractivity contribution in [3.8, 4) is 0 Å². The van der Waals surface area contributed by atoms with Crippen molar-refractivity contribution in [2.45, 2.75) is 19.9 Å². The number of fused-ring (bicyclic) bond motifs is 1. The summed E-state index contributed by atoms with van der Waals surface area (Å²) < 4.78 is 1.89. The summed E-state index contributed by atoms with van der Waals surface area (Å²) in [5.41, 5.74) is 2.08.